The Morgan fingerprint density at radius 1 is 1.19 bits per heavy atom. The highest BCUT2D eigenvalue weighted by Gasteiger charge is 2.20. The van der Waals surface area contributed by atoms with Gasteiger partial charge in [-0.25, -0.2) is 4.79 Å². The van der Waals surface area contributed by atoms with Crippen molar-refractivity contribution in [2.75, 3.05) is 0 Å². The average molecular weight is 280 g/mol. The zero-order chi connectivity index (χ0) is 14.8. The van der Waals surface area contributed by atoms with Crippen LogP contribution in [-0.4, -0.2) is 10.9 Å². The van der Waals surface area contributed by atoms with Crippen LogP contribution in [0.25, 0.3) is 11.3 Å². The van der Waals surface area contributed by atoms with Crippen molar-refractivity contribution < 1.29 is 9.21 Å². The van der Waals surface area contributed by atoms with Gasteiger partial charge < -0.3 is 9.73 Å². The molecule has 0 aliphatic carbocycles. The van der Waals surface area contributed by atoms with E-state index in [1.54, 1.807) is 11.1 Å². The molecule has 21 heavy (non-hydrogen) atoms. The highest BCUT2D eigenvalue weighted by molar-refractivity contribution is 5.80. The fraction of sp³-hybridized carbons (Fsp3) is 0.118. The van der Waals surface area contributed by atoms with Crippen molar-refractivity contribution in [3.8, 4) is 11.3 Å². The maximum atomic E-state index is 11.9. The molecule has 1 aliphatic heterocycles. The number of urea groups is 1. The normalized spacial score (nSPS) is 14.9. The third kappa shape index (κ3) is 2.74. The smallest absolute Gasteiger partial charge is 0.326 e. The second-order valence-corrected chi connectivity index (χ2v) is 4.98. The molecule has 1 aliphatic rings. The molecule has 0 bridgehead atoms. The number of hydrogen-bond donors (Lipinski definition) is 1. The molecule has 0 saturated carbocycles. The van der Waals surface area contributed by atoms with Crippen LogP contribution in [0.3, 0.4) is 0 Å². The molecular weight excluding hydrogens is 264 g/mol. The molecule has 4 heteroatoms. The van der Waals surface area contributed by atoms with Crippen LogP contribution in [0.2, 0.25) is 0 Å². The van der Waals surface area contributed by atoms with Gasteiger partial charge in [-0.2, -0.15) is 0 Å². The van der Waals surface area contributed by atoms with Crippen molar-refractivity contribution in [2.45, 2.75) is 13.5 Å². The summed E-state index contributed by atoms with van der Waals surface area (Å²) in [4.78, 5) is 13.5. The molecule has 106 valence electrons. The van der Waals surface area contributed by atoms with Crippen LogP contribution in [0.4, 0.5) is 4.79 Å². The third-order valence-electron chi connectivity index (χ3n) is 3.39. The Morgan fingerprint density at radius 3 is 2.71 bits per heavy atom. The van der Waals surface area contributed by atoms with Crippen molar-refractivity contribution in [2.24, 2.45) is 0 Å². The van der Waals surface area contributed by atoms with E-state index in [2.05, 4.69) is 11.9 Å². The monoisotopic (exact) mass is 280 g/mol. The maximum absolute atomic E-state index is 11.9. The van der Waals surface area contributed by atoms with Gasteiger partial charge in [0.15, 0.2) is 0 Å². The summed E-state index contributed by atoms with van der Waals surface area (Å²) in [6.07, 6.45) is 1.78. The Bertz CT molecular complexity index is 713. The highest BCUT2D eigenvalue weighted by atomic mass is 16.3. The summed E-state index contributed by atoms with van der Waals surface area (Å²) in [6.45, 7) is 6.08. The number of carbonyl (C=O) groups excluding carboxylic acids is 1. The summed E-state index contributed by atoms with van der Waals surface area (Å²) >= 11 is 0. The van der Waals surface area contributed by atoms with Gasteiger partial charge >= 0.3 is 6.03 Å². The number of rotatable bonds is 3. The quantitative estimate of drug-likeness (QED) is 0.927. The number of benzene rings is 1. The van der Waals surface area contributed by atoms with Crippen molar-refractivity contribution in [1.29, 1.82) is 0 Å². The summed E-state index contributed by atoms with van der Waals surface area (Å²) in [7, 11) is 0. The Kier molecular flexibility index (Phi) is 3.36. The van der Waals surface area contributed by atoms with Crippen LogP contribution < -0.4 is 5.32 Å². The lowest BCUT2D eigenvalue weighted by Gasteiger charge is -2.25. The maximum Gasteiger partial charge on any atom is 0.326 e. The number of furan rings is 1. The van der Waals surface area contributed by atoms with Gasteiger partial charge in [0.05, 0.1) is 6.54 Å². The van der Waals surface area contributed by atoms with Gasteiger partial charge in [-0.05, 0) is 24.6 Å². The number of allylic oxidation sites excluding steroid dienone is 1. The van der Waals surface area contributed by atoms with Crippen LogP contribution in [0.1, 0.15) is 12.7 Å². The SMILES string of the molecule is C=C1NC(=O)N(Cc2ccc(-c3ccccc3)o2)C=C1C. The summed E-state index contributed by atoms with van der Waals surface area (Å²) in [5.74, 6) is 1.54. The molecule has 0 unspecified atom stereocenters. The van der Waals surface area contributed by atoms with Gasteiger partial charge in [0, 0.05) is 17.5 Å². The van der Waals surface area contributed by atoms with Crippen LogP contribution in [-0.2, 0) is 6.54 Å². The number of amides is 2. The predicted molar refractivity (Wildman–Crippen MR) is 81.1 cm³/mol. The van der Waals surface area contributed by atoms with Crippen molar-refractivity contribution in [3.63, 3.8) is 0 Å². The summed E-state index contributed by atoms with van der Waals surface area (Å²) in [5.41, 5.74) is 2.59. The fourth-order valence-corrected chi connectivity index (χ4v) is 2.18. The second-order valence-electron chi connectivity index (χ2n) is 4.98. The van der Waals surface area contributed by atoms with E-state index in [-0.39, 0.29) is 6.03 Å². The van der Waals surface area contributed by atoms with Crippen LogP contribution in [0.15, 0.2) is 70.9 Å². The molecule has 0 radical (unpaired) electrons. The van der Waals surface area contributed by atoms with E-state index in [1.807, 2.05) is 49.4 Å². The molecule has 1 aromatic heterocycles. The summed E-state index contributed by atoms with van der Waals surface area (Å²) < 4.78 is 5.81. The lowest BCUT2D eigenvalue weighted by Crippen LogP contribution is -2.39. The zero-order valence-electron chi connectivity index (χ0n) is 11.8. The Hall–Kier alpha value is -2.75. The van der Waals surface area contributed by atoms with E-state index in [4.69, 9.17) is 4.42 Å². The molecule has 4 nitrogen and oxygen atoms in total. The molecule has 1 N–H and O–H groups in total. The number of nitrogens with one attached hydrogen (secondary N) is 1. The van der Waals surface area contributed by atoms with Crippen molar-refractivity contribution >= 4 is 6.03 Å². The molecule has 2 amide bonds. The molecular formula is C17H16N2O2. The molecule has 1 aromatic carbocycles. The third-order valence-corrected chi connectivity index (χ3v) is 3.39. The van der Waals surface area contributed by atoms with E-state index in [0.29, 0.717) is 12.2 Å². The molecule has 0 atom stereocenters. The summed E-state index contributed by atoms with van der Waals surface area (Å²) in [6, 6.07) is 13.5. The molecule has 2 heterocycles. The van der Waals surface area contributed by atoms with Gasteiger partial charge in [-0.15, -0.1) is 0 Å². The number of hydrogen-bond acceptors (Lipinski definition) is 2. The minimum absolute atomic E-state index is 0.191. The van der Waals surface area contributed by atoms with E-state index in [1.165, 1.54) is 0 Å². The van der Waals surface area contributed by atoms with E-state index >= 15 is 0 Å². The Morgan fingerprint density at radius 2 is 1.95 bits per heavy atom. The first-order chi connectivity index (χ1) is 10.1. The van der Waals surface area contributed by atoms with Crippen LogP contribution >= 0.6 is 0 Å². The van der Waals surface area contributed by atoms with Crippen molar-refractivity contribution in [1.82, 2.24) is 10.2 Å². The summed E-state index contributed by atoms with van der Waals surface area (Å²) in [5, 5.41) is 2.72. The molecule has 0 fully saturated rings. The number of carbonyl (C=O) groups is 1. The van der Waals surface area contributed by atoms with Crippen molar-refractivity contribution in [3.05, 3.63) is 72.3 Å². The van der Waals surface area contributed by atoms with Gasteiger partial charge in [0.1, 0.15) is 11.5 Å². The van der Waals surface area contributed by atoms with E-state index in [9.17, 15) is 4.79 Å². The lowest BCUT2D eigenvalue weighted by atomic mass is 10.2. The first-order valence-electron chi connectivity index (χ1n) is 6.73. The minimum atomic E-state index is -0.191. The standard InChI is InChI=1S/C17H16N2O2/c1-12-10-19(17(20)18-13(12)2)11-15-8-9-16(21-15)14-6-4-3-5-7-14/h3-10H,2,11H2,1H3,(H,18,20). The van der Waals surface area contributed by atoms with Gasteiger partial charge in [-0.3, -0.25) is 4.90 Å². The zero-order valence-corrected chi connectivity index (χ0v) is 11.8. The van der Waals surface area contributed by atoms with E-state index in [0.717, 1.165) is 22.7 Å². The van der Waals surface area contributed by atoms with Gasteiger partial charge in [0.25, 0.3) is 0 Å². The molecule has 0 saturated heterocycles. The predicted octanol–water partition coefficient (Wildman–Crippen LogP) is 3.89. The topological polar surface area (TPSA) is 45.5 Å². The minimum Gasteiger partial charge on any atom is -0.459 e. The largest absolute Gasteiger partial charge is 0.459 e. The average Bonchev–Trinajstić information content (AvgIpc) is 2.94. The first-order valence-corrected chi connectivity index (χ1v) is 6.73. The number of nitrogens with zero attached hydrogens (tertiary/aromatic N) is 1. The Balaban J connectivity index is 1.79. The van der Waals surface area contributed by atoms with Gasteiger partial charge in [0.2, 0.25) is 0 Å². The highest BCUT2D eigenvalue weighted by Crippen LogP contribution is 2.23. The first kappa shape index (κ1) is 13.2. The van der Waals surface area contributed by atoms with Crippen LogP contribution in [0, 0.1) is 0 Å². The molecule has 0 spiro atoms. The second kappa shape index (κ2) is 5.32. The van der Waals surface area contributed by atoms with E-state index < -0.39 is 0 Å². The molecule has 2 aromatic rings. The van der Waals surface area contributed by atoms with Gasteiger partial charge in [-0.1, -0.05) is 36.9 Å². The fourth-order valence-electron chi connectivity index (χ4n) is 2.18. The molecule has 3 rings (SSSR count). The lowest BCUT2D eigenvalue weighted by molar-refractivity contribution is 0.211. The Labute approximate surface area is 123 Å². The van der Waals surface area contributed by atoms with Crippen LogP contribution in [0.5, 0.6) is 0 Å².